The van der Waals surface area contributed by atoms with Gasteiger partial charge in [0.05, 0.1) is 0 Å². The van der Waals surface area contributed by atoms with E-state index in [1.165, 1.54) is 0 Å². The van der Waals surface area contributed by atoms with Crippen molar-refractivity contribution in [2.45, 2.75) is 65.2 Å². The summed E-state index contributed by atoms with van der Waals surface area (Å²) in [6.07, 6.45) is 1.71. The first-order chi connectivity index (χ1) is 10.6. The molecule has 1 N–H and O–H groups in total. The first-order valence-electron chi connectivity index (χ1n) is 8.53. The highest BCUT2D eigenvalue weighted by atomic mass is 16.3. The fraction of sp³-hybridized carbons (Fsp3) is 0.600. The molecular formula is C20H26O3. The van der Waals surface area contributed by atoms with Crippen molar-refractivity contribution < 1.29 is 14.7 Å². The SMILES string of the molecule is CC(C)c1cc2c(cc1O)[C@@]1(C)CCC(=O)C(C)(C)C1CC2=O. The molecule has 1 aromatic carbocycles. The molecule has 2 aliphatic rings. The molecule has 0 spiro atoms. The molecule has 1 unspecified atom stereocenters. The van der Waals surface area contributed by atoms with Gasteiger partial charge in [0.2, 0.25) is 0 Å². The van der Waals surface area contributed by atoms with Crippen LogP contribution in [0.25, 0.3) is 0 Å². The minimum absolute atomic E-state index is 0.000509. The van der Waals surface area contributed by atoms with Gasteiger partial charge in [-0.1, -0.05) is 34.6 Å². The molecule has 1 aromatic rings. The highest BCUT2D eigenvalue weighted by Gasteiger charge is 2.55. The number of rotatable bonds is 1. The van der Waals surface area contributed by atoms with E-state index in [1.54, 1.807) is 6.07 Å². The Morgan fingerprint density at radius 3 is 2.43 bits per heavy atom. The number of aromatic hydroxyl groups is 1. The fourth-order valence-corrected chi connectivity index (χ4v) is 4.73. The van der Waals surface area contributed by atoms with Gasteiger partial charge >= 0.3 is 0 Å². The van der Waals surface area contributed by atoms with Crippen molar-refractivity contribution in [1.82, 2.24) is 0 Å². The molecule has 1 saturated carbocycles. The molecule has 0 radical (unpaired) electrons. The maximum absolute atomic E-state index is 12.8. The Morgan fingerprint density at radius 1 is 1.17 bits per heavy atom. The molecule has 23 heavy (non-hydrogen) atoms. The summed E-state index contributed by atoms with van der Waals surface area (Å²) in [6, 6.07) is 3.67. The normalized spacial score (nSPS) is 29.4. The van der Waals surface area contributed by atoms with Gasteiger partial charge < -0.3 is 5.11 Å². The first-order valence-corrected chi connectivity index (χ1v) is 8.53. The van der Waals surface area contributed by atoms with E-state index in [4.69, 9.17) is 0 Å². The number of carbonyl (C=O) groups excluding carboxylic acids is 2. The van der Waals surface area contributed by atoms with Gasteiger partial charge in [-0.05, 0) is 46.9 Å². The molecule has 0 aromatic heterocycles. The Labute approximate surface area is 138 Å². The Balaban J connectivity index is 2.22. The minimum Gasteiger partial charge on any atom is -0.508 e. The molecule has 1 fully saturated rings. The molecule has 3 rings (SSSR count). The van der Waals surface area contributed by atoms with Crippen molar-refractivity contribution in [2.75, 3.05) is 0 Å². The average Bonchev–Trinajstić information content (AvgIpc) is 2.46. The number of fused-ring (bicyclic) bond motifs is 3. The molecule has 124 valence electrons. The van der Waals surface area contributed by atoms with Crippen LogP contribution in [0.1, 0.15) is 81.3 Å². The molecule has 0 heterocycles. The second kappa shape index (κ2) is 4.93. The molecule has 0 saturated heterocycles. The first kappa shape index (κ1) is 16.2. The Kier molecular flexibility index (Phi) is 3.48. The van der Waals surface area contributed by atoms with Crippen molar-refractivity contribution >= 4 is 11.6 Å². The minimum atomic E-state index is -0.493. The summed E-state index contributed by atoms with van der Waals surface area (Å²) in [7, 11) is 0. The van der Waals surface area contributed by atoms with Crippen LogP contribution in [0.15, 0.2) is 12.1 Å². The van der Waals surface area contributed by atoms with E-state index < -0.39 is 5.41 Å². The zero-order chi connectivity index (χ0) is 17.2. The van der Waals surface area contributed by atoms with Crippen LogP contribution in [0.2, 0.25) is 0 Å². The predicted octanol–water partition coefficient (Wildman–Crippen LogP) is 4.37. The van der Waals surface area contributed by atoms with E-state index in [2.05, 4.69) is 6.92 Å². The molecular weight excluding hydrogens is 288 g/mol. The van der Waals surface area contributed by atoms with Gasteiger partial charge in [-0.25, -0.2) is 0 Å². The molecule has 0 bridgehead atoms. The van der Waals surface area contributed by atoms with E-state index in [-0.39, 0.29) is 34.6 Å². The summed E-state index contributed by atoms with van der Waals surface area (Å²) < 4.78 is 0. The summed E-state index contributed by atoms with van der Waals surface area (Å²) in [5.41, 5.74) is 1.78. The molecule has 0 amide bonds. The molecule has 0 aliphatic heterocycles. The van der Waals surface area contributed by atoms with E-state index >= 15 is 0 Å². The van der Waals surface area contributed by atoms with Crippen LogP contribution in [0.4, 0.5) is 0 Å². The summed E-state index contributed by atoms with van der Waals surface area (Å²) in [5, 5.41) is 10.4. The largest absolute Gasteiger partial charge is 0.508 e. The number of ketones is 2. The van der Waals surface area contributed by atoms with E-state index in [9.17, 15) is 14.7 Å². The Hall–Kier alpha value is -1.64. The standard InChI is InChI=1S/C20H26O3/c1-11(2)12-8-13-14(9-15(12)21)20(5)7-6-18(23)19(3,4)17(20)10-16(13)22/h8-9,11,17,21H,6-7,10H2,1-5H3/t17?,20-/m1/s1. The third kappa shape index (κ3) is 2.16. The van der Waals surface area contributed by atoms with Gasteiger partial charge in [0.15, 0.2) is 5.78 Å². The van der Waals surface area contributed by atoms with Crippen LogP contribution in [0.3, 0.4) is 0 Å². The Bertz CT molecular complexity index is 699. The number of benzene rings is 1. The summed E-state index contributed by atoms with van der Waals surface area (Å²) >= 11 is 0. The lowest BCUT2D eigenvalue weighted by molar-refractivity contribution is -0.136. The van der Waals surface area contributed by atoms with Gasteiger partial charge in [0.25, 0.3) is 0 Å². The lowest BCUT2D eigenvalue weighted by Gasteiger charge is -2.52. The number of carbonyl (C=O) groups is 2. The van der Waals surface area contributed by atoms with Crippen molar-refractivity contribution in [3.8, 4) is 5.75 Å². The number of Topliss-reactive ketones (excluding diaryl/α,β-unsaturated/α-hetero) is 2. The zero-order valence-corrected chi connectivity index (χ0v) is 14.7. The number of phenols is 1. The highest BCUT2D eigenvalue weighted by Crippen LogP contribution is 2.56. The highest BCUT2D eigenvalue weighted by molar-refractivity contribution is 6.01. The van der Waals surface area contributed by atoms with Crippen LogP contribution in [-0.2, 0) is 10.2 Å². The van der Waals surface area contributed by atoms with E-state index in [0.29, 0.717) is 12.8 Å². The smallest absolute Gasteiger partial charge is 0.163 e. The second-order valence-corrected chi connectivity index (χ2v) is 8.35. The van der Waals surface area contributed by atoms with E-state index in [1.807, 2.05) is 33.8 Å². The van der Waals surface area contributed by atoms with Crippen LogP contribution in [-0.4, -0.2) is 16.7 Å². The number of hydrogen-bond acceptors (Lipinski definition) is 3. The lowest BCUT2D eigenvalue weighted by atomic mass is 9.49. The van der Waals surface area contributed by atoms with Crippen LogP contribution in [0.5, 0.6) is 5.75 Å². The molecule has 3 nitrogen and oxygen atoms in total. The maximum atomic E-state index is 12.8. The fourth-order valence-electron chi connectivity index (χ4n) is 4.73. The lowest BCUT2D eigenvalue weighted by Crippen LogP contribution is -2.53. The number of phenolic OH excluding ortho intramolecular Hbond substituents is 1. The second-order valence-electron chi connectivity index (χ2n) is 8.35. The Morgan fingerprint density at radius 2 is 1.83 bits per heavy atom. The predicted molar refractivity (Wildman–Crippen MR) is 90.0 cm³/mol. The maximum Gasteiger partial charge on any atom is 0.163 e. The topological polar surface area (TPSA) is 54.4 Å². The summed E-state index contributed by atoms with van der Waals surface area (Å²) in [4.78, 5) is 25.2. The van der Waals surface area contributed by atoms with Crippen molar-refractivity contribution in [2.24, 2.45) is 11.3 Å². The molecule has 3 heteroatoms. The van der Waals surface area contributed by atoms with Crippen molar-refractivity contribution in [3.05, 3.63) is 28.8 Å². The number of hydrogen-bond donors (Lipinski definition) is 1. The van der Waals surface area contributed by atoms with Crippen LogP contribution >= 0.6 is 0 Å². The van der Waals surface area contributed by atoms with Crippen LogP contribution < -0.4 is 0 Å². The zero-order valence-electron chi connectivity index (χ0n) is 14.7. The molecule has 2 aliphatic carbocycles. The average molecular weight is 314 g/mol. The summed E-state index contributed by atoms with van der Waals surface area (Å²) in [5.74, 6) is 0.790. The van der Waals surface area contributed by atoms with Gasteiger partial charge in [-0.15, -0.1) is 0 Å². The van der Waals surface area contributed by atoms with Crippen LogP contribution in [0, 0.1) is 11.3 Å². The quantitative estimate of drug-likeness (QED) is 0.837. The van der Waals surface area contributed by atoms with E-state index in [0.717, 1.165) is 23.1 Å². The summed E-state index contributed by atoms with van der Waals surface area (Å²) in [6.45, 7) is 10.1. The van der Waals surface area contributed by atoms with Crippen molar-refractivity contribution in [1.29, 1.82) is 0 Å². The third-order valence-corrected chi connectivity index (χ3v) is 6.32. The monoisotopic (exact) mass is 314 g/mol. The van der Waals surface area contributed by atoms with Gasteiger partial charge in [-0.3, -0.25) is 9.59 Å². The van der Waals surface area contributed by atoms with Gasteiger partial charge in [-0.2, -0.15) is 0 Å². The van der Waals surface area contributed by atoms with Crippen molar-refractivity contribution in [3.63, 3.8) is 0 Å². The molecule has 2 atom stereocenters. The van der Waals surface area contributed by atoms with Gasteiger partial charge in [0, 0.05) is 23.8 Å². The van der Waals surface area contributed by atoms with Gasteiger partial charge in [0.1, 0.15) is 11.5 Å². The third-order valence-electron chi connectivity index (χ3n) is 6.32.